The van der Waals surface area contributed by atoms with Gasteiger partial charge >= 0.3 is 0 Å². The number of likely N-dealkylation sites (tertiary alicyclic amines) is 1. The van der Waals surface area contributed by atoms with Crippen molar-refractivity contribution in [3.05, 3.63) is 65.2 Å². The Morgan fingerprint density at radius 1 is 1.04 bits per heavy atom. The highest BCUT2D eigenvalue weighted by molar-refractivity contribution is 5.77. The lowest BCUT2D eigenvalue weighted by atomic mass is 10.1. The Hall–Kier alpha value is -2.33. The van der Waals surface area contributed by atoms with E-state index in [1.165, 1.54) is 37.9 Å². The fourth-order valence-corrected chi connectivity index (χ4v) is 3.24. The van der Waals surface area contributed by atoms with Gasteiger partial charge in [0.2, 0.25) is 0 Å². The van der Waals surface area contributed by atoms with Crippen LogP contribution >= 0.6 is 0 Å². The molecule has 4 heteroatoms. The van der Waals surface area contributed by atoms with E-state index in [0.717, 1.165) is 23.4 Å². The van der Waals surface area contributed by atoms with Gasteiger partial charge in [0.1, 0.15) is 5.75 Å². The van der Waals surface area contributed by atoms with Crippen molar-refractivity contribution in [2.45, 2.75) is 39.3 Å². The molecule has 2 aromatic carbocycles. The highest BCUT2D eigenvalue weighted by Crippen LogP contribution is 2.14. The lowest BCUT2D eigenvalue weighted by molar-refractivity contribution is -0.123. The van der Waals surface area contributed by atoms with E-state index in [0.29, 0.717) is 6.54 Å². The smallest absolute Gasteiger partial charge is 0.258 e. The molecule has 0 unspecified atom stereocenters. The molecule has 1 aliphatic rings. The monoisotopic (exact) mass is 352 g/mol. The summed E-state index contributed by atoms with van der Waals surface area (Å²) in [7, 11) is 0. The van der Waals surface area contributed by atoms with Crippen LogP contribution in [0, 0.1) is 6.92 Å². The zero-order valence-corrected chi connectivity index (χ0v) is 15.5. The van der Waals surface area contributed by atoms with Gasteiger partial charge in [-0.1, -0.05) is 42.8 Å². The van der Waals surface area contributed by atoms with Gasteiger partial charge < -0.3 is 10.1 Å². The summed E-state index contributed by atoms with van der Waals surface area (Å²) in [5.74, 6) is 0.617. The number of hydrogen-bond acceptors (Lipinski definition) is 3. The van der Waals surface area contributed by atoms with Crippen LogP contribution in [0.2, 0.25) is 0 Å². The van der Waals surface area contributed by atoms with Crippen LogP contribution in [0.5, 0.6) is 5.75 Å². The molecule has 4 nitrogen and oxygen atoms in total. The molecule has 1 heterocycles. The number of carbonyl (C=O) groups excluding carboxylic acids is 1. The molecule has 0 spiro atoms. The molecule has 0 bridgehead atoms. The topological polar surface area (TPSA) is 41.6 Å². The molecule has 0 radical (unpaired) electrons. The summed E-state index contributed by atoms with van der Waals surface area (Å²) in [5.41, 5.74) is 3.56. The maximum absolute atomic E-state index is 12.0. The zero-order valence-electron chi connectivity index (χ0n) is 15.5. The normalized spacial score (nSPS) is 14.8. The van der Waals surface area contributed by atoms with Gasteiger partial charge in [-0.05, 0) is 61.7 Å². The number of benzene rings is 2. The zero-order chi connectivity index (χ0) is 18.2. The van der Waals surface area contributed by atoms with E-state index in [1.807, 2.05) is 31.2 Å². The molecule has 1 N–H and O–H groups in total. The fraction of sp³-hybridized carbons (Fsp3) is 0.409. The van der Waals surface area contributed by atoms with Crippen LogP contribution in [0.1, 0.15) is 36.0 Å². The Kier molecular flexibility index (Phi) is 6.67. The molecule has 0 atom stereocenters. The minimum atomic E-state index is -0.108. The van der Waals surface area contributed by atoms with Crippen LogP contribution < -0.4 is 10.1 Å². The second-order valence-electron chi connectivity index (χ2n) is 7.04. The number of nitrogens with zero attached hydrogens (tertiary/aromatic N) is 1. The summed E-state index contributed by atoms with van der Waals surface area (Å²) in [6.45, 7) is 6.01. The number of nitrogens with one attached hydrogen (secondary N) is 1. The van der Waals surface area contributed by atoms with Crippen molar-refractivity contribution in [2.24, 2.45) is 0 Å². The van der Waals surface area contributed by atoms with Crippen molar-refractivity contribution in [1.29, 1.82) is 0 Å². The van der Waals surface area contributed by atoms with Crippen molar-refractivity contribution in [3.63, 3.8) is 0 Å². The van der Waals surface area contributed by atoms with E-state index in [4.69, 9.17) is 4.74 Å². The van der Waals surface area contributed by atoms with Gasteiger partial charge in [-0.2, -0.15) is 0 Å². The third kappa shape index (κ3) is 5.88. The standard InChI is InChI=1S/C22H28N2O2/c1-18-6-5-7-21(14-18)26-17-22(25)23-15-19-8-10-20(11-9-19)16-24-12-3-2-4-13-24/h5-11,14H,2-4,12-13,15-17H2,1H3,(H,23,25). The summed E-state index contributed by atoms with van der Waals surface area (Å²) in [6.07, 6.45) is 3.99. The molecule has 26 heavy (non-hydrogen) atoms. The summed E-state index contributed by atoms with van der Waals surface area (Å²) in [6, 6.07) is 16.2. The predicted octanol–water partition coefficient (Wildman–Crippen LogP) is 3.68. The molecule has 1 saturated heterocycles. The minimum Gasteiger partial charge on any atom is -0.484 e. The molecular formula is C22H28N2O2. The summed E-state index contributed by atoms with van der Waals surface area (Å²) < 4.78 is 5.52. The minimum absolute atomic E-state index is 0.0382. The number of aryl methyl sites for hydroxylation is 1. The average Bonchev–Trinajstić information content (AvgIpc) is 2.67. The van der Waals surface area contributed by atoms with Crippen LogP contribution in [0.4, 0.5) is 0 Å². The van der Waals surface area contributed by atoms with Crippen LogP contribution in [0.3, 0.4) is 0 Å². The van der Waals surface area contributed by atoms with E-state index in [9.17, 15) is 4.79 Å². The number of ether oxygens (including phenoxy) is 1. The first kappa shape index (κ1) is 18.5. The number of piperidine rings is 1. The summed E-state index contributed by atoms with van der Waals surface area (Å²) in [4.78, 5) is 14.5. The molecular weight excluding hydrogens is 324 g/mol. The molecule has 0 aromatic heterocycles. The van der Waals surface area contributed by atoms with Gasteiger partial charge in [0.25, 0.3) is 5.91 Å². The van der Waals surface area contributed by atoms with Gasteiger partial charge in [-0.15, -0.1) is 0 Å². The molecule has 3 rings (SSSR count). The van der Waals surface area contributed by atoms with Crippen LogP contribution in [0.15, 0.2) is 48.5 Å². The third-order valence-electron chi connectivity index (χ3n) is 4.73. The molecule has 138 valence electrons. The quantitative estimate of drug-likeness (QED) is 0.826. The number of carbonyl (C=O) groups is 1. The molecule has 0 aliphatic carbocycles. The summed E-state index contributed by atoms with van der Waals surface area (Å²) >= 11 is 0. The van der Waals surface area contributed by atoms with Crippen molar-refractivity contribution in [3.8, 4) is 5.75 Å². The first-order chi connectivity index (χ1) is 12.7. The van der Waals surface area contributed by atoms with Crippen LogP contribution in [0.25, 0.3) is 0 Å². The van der Waals surface area contributed by atoms with E-state index >= 15 is 0 Å². The van der Waals surface area contributed by atoms with E-state index in [1.54, 1.807) is 0 Å². The SMILES string of the molecule is Cc1cccc(OCC(=O)NCc2ccc(CN3CCCCC3)cc2)c1. The molecule has 2 aromatic rings. The Bertz CT molecular complexity index is 706. The van der Waals surface area contributed by atoms with Crippen LogP contribution in [-0.4, -0.2) is 30.5 Å². The number of amides is 1. The Balaban J connectivity index is 1.40. The van der Waals surface area contributed by atoms with Crippen molar-refractivity contribution in [2.75, 3.05) is 19.7 Å². The van der Waals surface area contributed by atoms with Crippen LogP contribution in [-0.2, 0) is 17.9 Å². The highest BCUT2D eigenvalue weighted by atomic mass is 16.5. The van der Waals surface area contributed by atoms with E-state index in [2.05, 4.69) is 34.5 Å². The molecule has 1 amide bonds. The lowest BCUT2D eigenvalue weighted by Gasteiger charge is -2.26. The largest absolute Gasteiger partial charge is 0.484 e. The summed E-state index contributed by atoms with van der Waals surface area (Å²) in [5, 5.41) is 2.91. The maximum Gasteiger partial charge on any atom is 0.258 e. The first-order valence-electron chi connectivity index (χ1n) is 9.45. The highest BCUT2D eigenvalue weighted by Gasteiger charge is 2.10. The van der Waals surface area contributed by atoms with Gasteiger partial charge in [-0.3, -0.25) is 9.69 Å². The Morgan fingerprint density at radius 3 is 2.50 bits per heavy atom. The maximum atomic E-state index is 12.0. The second kappa shape index (κ2) is 9.39. The molecule has 1 aliphatic heterocycles. The molecule has 1 fully saturated rings. The Morgan fingerprint density at radius 2 is 1.77 bits per heavy atom. The van der Waals surface area contributed by atoms with Gasteiger partial charge in [0.05, 0.1) is 0 Å². The van der Waals surface area contributed by atoms with E-state index in [-0.39, 0.29) is 12.5 Å². The Labute approximate surface area is 156 Å². The van der Waals surface area contributed by atoms with Crippen molar-refractivity contribution < 1.29 is 9.53 Å². The fourth-order valence-electron chi connectivity index (χ4n) is 3.24. The van der Waals surface area contributed by atoms with Gasteiger partial charge in [-0.25, -0.2) is 0 Å². The number of rotatable bonds is 7. The lowest BCUT2D eigenvalue weighted by Crippen LogP contribution is -2.29. The predicted molar refractivity (Wildman–Crippen MR) is 104 cm³/mol. The van der Waals surface area contributed by atoms with Crippen molar-refractivity contribution >= 4 is 5.91 Å². The average molecular weight is 352 g/mol. The van der Waals surface area contributed by atoms with Gasteiger partial charge in [0, 0.05) is 13.1 Å². The first-order valence-corrected chi connectivity index (χ1v) is 9.45. The van der Waals surface area contributed by atoms with Crippen molar-refractivity contribution in [1.82, 2.24) is 10.2 Å². The van der Waals surface area contributed by atoms with E-state index < -0.39 is 0 Å². The third-order valence-corrected chi connectivity index (χ3v) is 4.73. The molecule has 0 saturated carbocycles. The number of hydrogen-bond donors (Lipinski definition) is 1. The second-order valence-corrected chi connectivity index (χ2v) is 7.04. The van der Waals surface area contributed by atoms with Gasteiger partial charge in [0.15, 0.2) is 6.61 Å².